The summed E-state index contributed by atoms with van der Waals surface area (Å²) in [6, 6.07) is 6.64. The second-order valence-electron chi connectivity index (χ2n) is 3.97. The summed E-state index contributed by atoms with van der Waals surface area (Å²) in [5, 5.41) is 0. The summed E-state index contributed by atoms with van der Waals surface area (Å²) in [4.78, 5) is 21.5. The Morgan fingerprint density at radius 1 is 0.679 bits per heavy atom. The Balaban J connectivity index is -0.000000720. The molecule has 162 valence electrons. The first-order valence-electron chi connectivity index (χ1n) is 6.75. The molecule has 0 saturated heterocycles. The van der Waals surface area contributed by atoms with E-state index in [1.165, 1.54) is 0 Å². The summed E-state index contributed by atoms with van der Waals surface area (Å²) in [5.74, 6) is -0.0626. The van der Waals surface area contributed by atoms with Crippen molar-refractivity contribution in [1.29, 1.82) is 0 Å². The normalized spacial score (nSPS) is 8.29. The molecule has 0 N–H and O–H groups in total. The molecule has 0 amide bonds. The second-order valence-corrected chi connectivity index (χ2v) is 3.97. The first-order chi connectivity index (χ1) is 11.7. The molecule has 0 spiro atoms. The lowest BCUT2D eigenvalue weighted by atomic mass is 10.3. The van der Waals surface area contributed by atoms with E-state index in [2.05, 4.69) is 22.6 Å². The van der Waals surface area contributed by atoms with Crippen LogP contribution in [-0.4, -0.2) is 39.1 Å². The van der Waals surface area contributed by atoms with Gasteiger partial charge in [0.05, 0.1) is 0 Å². The van der Waals surface area contributed by atoms with Gasteiger partial charge in [0.15, 0.2) is 27.2 Å². The zero-order valence-electron chi connectivity index (χ0n) is 13.0. The molecule has 1 rings (SSSR count). The molecule has 1 aromatic rings. The SMILES string of the molecule is C.C.C.C.C=CC(=O)OCOCOc1ccc(OCOCOC(=O)C=C)cc1. The van der Waals surface area contributed by atoms with Crippen LogP contribution in [0.1, 0.15) is 29.7 Å². The summed E-state index contributed by atoms with van der Waals surface area (Å²) in [7, 11) is 0. The van der Waals surface area contributed by atoms with Crippen LogP contribution in [0.15, 0.2) is 49.6 Å². The van der Waals surface area contributed by atoms with Gasteiger partial charge >= 0.3 is 11.9 Å². The Kier molecular flexibility index (Phi) is 24.0. The highest BCUT2D eigenvalue weighted by atomic mass is 16.7. The maximum Gasteiger partial charge on any atom is 0.332 e. The highest BCUT2D eigenvalue weighted by Crippen LogP contribution is 2.17. The van der Waals surface area contributed by atoms with Crippen molar-refractivity contribution in [2.24, 2.45) is 0 Å². The minimum Gasteiger partial charge on any atom is -0.467 e. The molecule has 0 radical (unpaired) electrons. The average molecular weight is 402 g/mol. The number of rotatable bonds is 12. The quantitative estimate of drug-likeness (QED) is 0.221. The summed E-state index contributed by atoms with van der Waals surface area (Å²) in [5.41, 5.74) is 0. The van der Waals surface area contributed by atoms with Gasteiger partial charge in [-0.25, -0.2) is 9.59 Å². The van der Waals surface area contributed by atoms with Gasteiger partial charge in [-0.3, -0.25) is 0 Å². The van der Waals surface area contributed by atoms with Crippen LogP contribution >= 0.6 is 0 Å². The van der Waals surface area contributed by atoms with E-state index in [1.54, 1.807) is 24.3 Å². The monoisotopic (exact) mass is 402 g/mol. The predicted molar refractivity (Wildman–Crippen MR) is 109 cm³/mol. The van der Waals surface area contributed by atoms with E-state index in [0.717, 1.165) is 12.2 Å². The maximum absolute atomic E-state index is 10.7. The number of carbonyl (C=O) groups is 2. The lowest BCUT2D eigenvalue weighted by Gasteiger charge is -2.09. The maximum atomic E-state index is 10.7. The van der Waals surface area contributed by atoms with Gasteiger partial charge in [-0.15, -0.1) is 0 Å². The van der Waals surface area contributed by atoms with E-state index in [0.29, 0.717) is 11.5 Å². The third-order valence-corrected chi connectivity index (χ3v) is 2.34. The lowest BCUT2D eigenvalue weighted by Crippen LogP contribution is -2.10. The van der Waals surface area contributed by atoms with Crippen LogP contribution < -0.4 is 9.47 Å². The number of hydrogen-bond donors (Lipinski definition) is 0. The molecule has 8 nitrogen and oxygen atoms in total. The fourth-order valence-corrected chi connectivity index (χ4v) is 1.24. The molecular weight excluding hydrogens is 368 g/mol. The van der Waals surface area contributed by atoms with Crippen molar-refractivity contribution in [2.75, 3.05) is 27.2 Å². The highest BCUT2D eigenvalue weighted by Gasteiger charge is 1.99. The van der Waals surface area contributed by atoms with Crippen LogP contribution in [0.25, 0.3) is 0 Å². The number of hydrogen-bond acceptors (Lipinski definition) is 8. The summed E-state index contributed by atoms with van der Waals surface area (Å²) in [6.45, 7) is 5.89. The second kappa shape index (κ2) is 20.5. The molecule has 1 aromatic carbocycles. The van der Waals surface area contributed by atoms with Gasteiger partial charge in [-0.2, -0.15) is 0 Å². The van der Waals surface area contributed by atoms with E-state index >= 15 is 0 Å². The van der Waals surface area contributed by atoms with Crippen LogP contribution in [0.2, 0.25) is 0 Å². The Bertz CT molecular complexity index is 491. The smallest absolute Gasteiger partial charge is 0.332 e. The zero-order chi connectivity index (χ0) is 17.6. The van der Waals surface area contributed by atoms with Gasteiger partial charge in [-0.05, 0) is 24.3 Å². The number of carbonyl (C=O) groups excluding carboxylic acids is 2. The fourth-order valence-electron chi connectivity index (χ4n) is 1.24. The Labute approximate surface area is 168 Å². The minimum atomic E-state index is -0.571. The number of esters is 2. The molecule has 8 heteroatoms. The van der Waals surface area contributed by atoms with E-state index in [-0.39, 0.29) is 56.9 Å². The first-order valence-corrected chi connectivity index (χ1v) is 6.75. The summed E-state index contributed by atoms with van der Waals surface area (Å²) in [6.07, 6.45) is 2.08. The van der Waals surface area contributed by atoms with E-state index < -0.39 is 11.9 Å². The van der Waals surface area contributed by atoms with Crippen molar-refractivity contribution in [1.82, 2.24) is 0 Å². The largest absolute Gasteiger partial charge is 0.467 e. The van der Waals surface area contributed by atoms with Crippen LogP contribution in [0.3, 0.4) is 0 Å². The third-order valence-electron chi connectivity index (χ3n) is 2.34. The van der Waals surface area contributed by atoms with Crippen molar-refractivity contribution < 1.29 is 38.0 Å². The van der Waals surface area contributed by atoms with Gasteiger partial charge in [-0.1, -0.05) is 42.9 Å². The molecule has 0 saturated carbocycles. The topological polar surface area (TPSA) is 89.5 Å². The first kappa shape index (κ1) is 32.8. The minimum absolute atomic E-state index is 0. The molecule has 28 heavy (non-hydrogen) atoms. The molecular formula is C20H34O8. The van der Waals surface area contributed by atoms with E-state index in [9.17, 15) is 9.59 Å². The van der Waals surface area contributed by atoms with Crippen LogP contribution in [-0.2, 0) is 28.5 Å². The number of benzene rings is 1. The van der Waals surface area contributed by atoms with Gasteiger partial charge in [0.1, 0.15) is 11.5 Å². The molecule has 0 heterocycles. The van der Waals surface area contributed by atoms with E-state index in [1.807, 2.05) is 0 Å². The number of ether oxygens (including phenoxy) is 6. The Hall–Kier alpha value is -2.84. The van der Waals surface area contributed by atoms with Crippen molar-refractivity contribution in [2.45, 2.75) is 29.7 Å². The third kappa shape index (κ3) is 15.4. The van der Waals surface area contributed by atoms with Gasteiger partial charge < -0.3 is 28.4 Å². The van der Waals surface area contributed by atoms with Crippen molar-refractivity contribution in [3.8, 4) is 11.5 Å². The highest BCUT2D eigenvalue weighted by molar-refractivity contribution is 5.81. The Morgan fingerprint density at radius 2 is 1.00 bits per heavy atom. The van der Waals surface area contributed by atoms with Gasteiger partial charge in [0, 0.05) is 12.2 Å². The molecule has 0 aliphatic heterocycles. The molecule has 0 bridgehead atoms. The van der Waals surface area contributed by atoms with Crippen molar-refractivity contribution in [3.63, 3.8) is 0 Å². The summed E-state index contributed by atoms with van der Waals surface area (Å²) < 4.78 is 29.6. The molecule has 0 unspecified atom stereocenters. The van der Waals surface area contributed by atoms with Crippen LogP contribution in [0.5, 0.6) is 11.5 Å². The molecule has 0 aliphatic carbocycles. The average Bonchev–Trinajstić information content (AvgIpc) is 2.61. The zero-order valence-corrected chi connectivity index (χ0v) is 13.0. The van der Waals surface area contributed by atoms with Gasteiger partial charge in [0.2, 0.25) is 0 Å². The predicted octanol–water partition coefficient (Wildman–Crippen LogP) is 4.31. The van der Waals surface area contributed by atoms with Crippen molar-refractivity contribution in [3.05, 3.63) is 49.6 Å². The van der Waals surface area contributed by atoms with E-state index in [4.69, 9.17) is 18.9 Å². The van der Waals surface area contributed by atoms with Crippen LogP contribution in [0.4, 0.5) is 0 Å². The van der Waals surface area contributed by atoms with Crippen molar-refractivity contribution >= 4 is 11.9 Å². The van der Waals surface area contributed by atoms with Crippen LogP contribution in [0, 0.1) is 0 Å². The van der Waals surface area contributed by atoms with Gasteiger partial charge in [0.25, 0.3) is 0 Å². The molecule has 0 fully saturated rings. The summed E-state index contributed by atoms with van der Waals surface area (Å²) >= 11 is 0. The Morgan fingerprint density at radius 3 is 1.29 bits per heavy atom. The molecule has 0 aromatic heterocycles. The standard InChI is InChI=1S/C16H18O8.4CH4/c1-3-15(17)23-11-19-9-21-13-5-7-14(8-6-13)22-10-20-12-24-16(18)4-2;;;;/h3-8H,1-2,9-12H2;4*1H4. The lowest BCUT2D eigenvalue weighted by molar-refractivity contribution is -0.157. The fraction of sp³-hybridized carbons (Fsp3) is 0.400. The molecule has 0 atom stereocenters. The molecule has 0 aliphatic rings.